The van der Waals surface area contributed by atoms with Crippen LogP contribution in [0, 0.1) is 13.8 Å². The number of ether oxygens (including phenoxy) is 1. The number of carbonyl (C=O) groups is 1. The molecule has 0 saturated carbocycles. The SMILES string of the molecule is Cc1cc(C=O)cc(C)c1OCCF. The Morgan fingerprint density at radius 3 is 2.36 bits per heavy atom. The van der Waals surface area contributed by atoms with E-state index in [0.29, 0.717) is 11.3 Å². The monoisotopic (exact) mass is 196 g/mol. The Kier molecular flexibility index (Phi) is 3.63. The number of alkyl halides is 1. The fraction of sp³-hybridized carbons (Fsp3) is 0.364. The van der Waals surface area contributed by atoms with Crippen molar-refractivity contribution >= 4 is 6.29 Å². The van der Waals surface area contributed by atoms with Gasteiger partial charge >= 0.3 is 0 Å². The summed E-state index contributed by atoms with van der Waals surface area (Å²) in [5, 5.41) is 0. The molecule has 1 aromatic carbocycles. The van der Waals surface area contributed by atoms with E-state index in [4.69, 9.17) is 4.74 Å². The van der Waals surface area contributed by atoms with Gasteiger partial charge < -0.3 is 4.74 Å². The molecule has 14 heavy (non-hydrogen) atoms. The van der Waals surface area contributed by atoms with E-state index < -0.39 is 6.67 Å². The van der Waals surface area contributed by atoms with Gasteiger partial charge in [-0.25, -0.2) is 4.39 Å². The third-order valence-electron chi connectivity index (χ3n) is 1.94. The highest BCUT2D eigenvalue weighted by atomic mass is 19.1. The van der Waals surface area contributed by atoms with Crippen molar-refractivity contribution in [3.63, 3.8) is 0 Å². The van der Waals surface area contributed by atoms with Crippen molar-refractivity contribution in [2.24, 2.45) is 0 Å². The van der Waals surface area contributed by atoms with Gasteiger partial charge in [0.1, 0.15) is 25.3 Å². The fourth-order valence-corrected chi connectivity index (χ4v) is 1.42. The van der Waals surface area contributed by atoms with Crippen molar-refractivity contribution in [1.29, 1.82) is 0 Å². The minimum atomic E-state index is -0.506. The first-order valence-electron chi connectivity index (χ1n) is 4.44. The standard InChI is InChI=1S/C11H13FO2/c1-8-5-10(7-13)6-9(2)11(8)14-4-3-12/h5-7H,3-4H2,1-2H3. The second kappa shape index (κ2) is 4.74. The van der Waals surface area contributed by atoms with Crippen LogP contribution in [0.25, 0.3) is 0 Å². The molecule has 0 aliphatic rings. The van der Waals surface area contributed by atoms with Gasteiger partial charge in [-0.05, 0) is 37.1 Å². The number of hydrogen-bond acceptors (Lipinski definition) is 2. The summed E-state index contributed by atoms with van der Waals surface area (Å²) in [6.45, 7) is 3.23. The largest absolute Gasteiger partial charge is 0.490 e. The second-order valence-electron chi connectivity index (χ2n) is 3.14. The third kappa shape index (κ3) is 2.31. The molecule has 0 fully saturated rings. The van der Waals surface area contributed by atoms with E-state index in [9.17, 15) is 9.18 Å². The van der Waals surface area contributed by atoms with Gasteiger partial charge in [0.05, 0.1) is 0 Å². The number of benzene rings is 1. The maximum Gasteiger partial charge on any atom is 0.150 e. The molecule has 2 nitrogen and oxygen atoms in total. The molecule has 0 N–H and O–H groups in total. The molecular formula is C11H13FO2. The number of rotatable bonds is 4. The molecule has 0 aliphatic heterocycles. The van der Waals surface area contributed by atoms with Crippen molar-refractivity contribution in [2.45, 2.75) is 13.8 Å². The van der Waals surface area contributed by atoms with Crippen LogP contribution in [0.2, 0.25) is 0 Å². The summed E-state index contributed by atoms with van der Waals surface area (Å²) >= 11 is 0. The minimum absolute atomic E-state index is 0.0577. The number of aryl methyl sites for hydroxylation is 2. The quantitative estimate of drug-likeness (QED) is 0.691. The Hall–Kier alpha value is -1.38. The van der Waals surface area contributed by atoms with Gasteiger partial charge in [0.2, 0.25) is 0 Å². The lowest BCUT2D eigenvalue weighted by Crippen LogP contribution is -2.02. The van der Waals surface area contributed by atoms with Gasteiger partial charge in [-0.3, -0.25) is 4.79 Å². The first kappa shape index (κ1) is 10.7. The molecule has 0 aromatic heterocycles. The lowest BCUT2D eigenvalue weighted by molar-refractivity contribution is 0.112. The maximum absolute atomic E-state index is 11.9. The fourth-order valence-electron chi connectivity index (χ4n) is 1.42. The molecule has 0 heterocycles. The Morgan fingerprint density at radius 2 is 1.93 bits per heavy atom. The van der Waals surface area contributed by atoms with Crippen molar-refractivity contribution in [3.8, 4) is 5.75 Å². The molecule has 0 aliphatic carbocycles. The molecule has 0 spiro atoms. The predicted octanol–water partition coefficient (Wildman–Crippen LogP) is 2.46. The number of aldehydes is 1. The Bertz CT molecular complexity index is 311. The van der Waals surface area contributed by atoms with E-state index in [1.165, 1.54) is 0 Å². The molecule has 0 amide bonds. The van der Waals surface area contributed by atoms with Crippen molar-refractivity contribution < 1.29 is 13.9 Å². The first-order valence-corrected chi connectivity index (χ1v) is 4.44. The van der Waals surface area contributed by atoms with Crippen molar-refractivity contribution in [2.75, 3.05) is 13.3 Å². The maximum atomic E-state index is 11.9. The highest BCUT2D eigenvalue weighted by Gasteiger charge is 2.05. The third-order valence-corrected chi connectivity index (χ3v) is 1.94. The molecule has 3 heteroatoms. The zero-order chi connectivity index (χ0) is 10.6. The summed E-state index contributed by atoms with van der Waals surface area (Å²) in [4.78, 5) is 10.5. The van der Waals surface area contributed by atoms with Gasteiger partial charge in [0.15, 0.2) is 0 Å². The molecule has 0 atom stereocenters. The van der Waals surface area contributed by atoms with Crippen molar-refractivity contribution in [3.05, 3.63) is 28.8 Å². The molecule has 1 rings (SSSR count). The van der Waals surface area contributed by atoms with Crippen LogP contribution < -0.4 is 4.74 Å². The smallest absolute Gasteiger partial charge is 0.150 e. The topological polar surface area (TPSA) is 26.3 Å². The average Bonchev–Trinajstić information content (AvgIpc) is 2.16. The number of halogens is 1. The van der Waals surface area contributed by atoms with E-state index in [2.05, 4.69) is 0 Å². The lowest BCUT2D eigenvalue weighted by Gasteiger charge is -2.11. The molecule has 1 aromatic rings. The zero-order valence-electron chi connectivity index (χ0n) is 8.34. The summed E-state index contributed by atoms with van der Waals surface area (Å²) < 4.78 is 17.1. The Morgan fingerprint density at radius 1 is 1.36 bits per heavy atom. The molecule has 0 unspecified atom stereocenters. The highest BCUT2D eigenvalue weighted by Crippen LogP contribution is 2.24. The van der Waals surface area contributed by atoms with E-state index >= 15 is 0 Å². The van der Waals surface area contributed by atoms with E-state index in [0.717, 1.165) is 17.4 Å². The zero-order valence-corrected chi connectivity index (χ0v) is 8.34. The summed E-state index contributed by atoms with van der Waals surface area (Å²) in [5.41, 5.74) is 2.34. The first-order chi connectivity index (χ1) is 6.69. The summed E-state index contributed by atoms with van der Waals surface area (Å²) in [6, 6.07) is 3.46. The Labute approximate surface area is 82.7 Å². The van der Waals surface area contributed by atoms with E-state index in [1.54, 1.807) is 12.1 Å². The second-order valence-corrected chi connectivity index (χ2v) is 3.14. The van der Waals surface area contributed by atoms with Crippen LogP contribution in [0.5, 0.6) is 5.75 Å². The number of hydrogen-bond donors (Lipinski definition) is 0. The molecular weight excluding hydrogens is 183 g/mol. The molecule has 0 saturated heterocycles. The summed E-state index contributed by atoms with van der Waals surface area (Å²) in [5.74, 6) is 0.674. The van der Waals surface area contributed by atoms with Crippen LogP contribution in [-0.2, 0) is 0 Å². The van der Waals surface area contributed by atoms with Crippen LogP contribution in [-0.4, -0.2) is 19.6 Å². The van der Waals surface area contributed by atoms with Crippen molar-refractivity contribution in [1.82, 2.24) is 0 Å². The van der Waals surface area contributed by atoms with Gasteiger partial charge in [0.25, 0.3) is 0 Å². The Balaban J connectivity index is 2.99. The van der Waals surface area contributed by atoms with Crippen LogP contribution in [0.3, 0.4) is 0 Å². The van der Waals surface area contributed by atoms with Crippen LogP contribution in [0.1, 0.15) is 21.5 Å². The number of carbonyl (C=O) groups excluding carboxylic acids is 1. The van der Waals surface area contributed by atoms with E-state index in [1.807, 2.05) is 13.8 Å². The molecule has 76 valence electrons. The lowest BCUT2D eigenvalue weighted by atomic mass is 10.1. The van der Waals surface area contributed by atoms with Crippen LogP contribution >= 0.6 is 0 Å². The van der Waals surface area contributed by atoms with Gasteiger partial charge in [-0.15, -0.1) is 0 Å². The molecule has 0 bridgehead atoms. The normalized spacial score (nSPS) is 9.93. The van der Waals surface area contributed by atoms with Gasteiger partial charge in [-0.2, -0.15) is 0 Å². The van der Waals surface area contributed by atoms with Crippen LogP contribution in [0.4, 0.5) is 4.39 Å². The minimum Gasteiger partial charge on any atom is -0.490 e. The van der Waals surface area contributed by atoms with Gasteiger partial charge in [-0.1, -0.05) is 0 Å². The predicted molar refractivity (Wildman–Crippen MR) is 52.8 cm³/mol. The summed E-state index contributed by atoms with van der Waals surface area (Å²) in [7, 11) is 0. The van der Waals surface area contributed by atoms with E-state index in [-0.39, 0.29) is 6.61 Å². The average molecular weight is 196 g/mol. The van der Waals surface area contributed by atoms with Crippen LogP contribution in [0.15, 0.2) is 12.1 Å². The van der Waals surface area contributed by atoms with Gasteiger partial charge in [0, 0.05) is 5.56 Å². The highest BCUT2D eigenvalue weighted by molar-refractivity contribution is 5.76. The molecule has 0 radical (unpaired) electrons. The summed E-state index contributed by atoms with van der Waals surface area (Å²) in [6.07, 6.45) is 0.791.